The molecule has 0 bridgehead atoms. The monoisotopic (exact) mass is 192 g/mol. The van der Waals surface area contributed by atoms with Crippen LogP contribution in [-0.2, 0) is 4.74 Å². The lowest BCUT2D eigenvalue weighted by molar-refractivity contribution is 0.00401. The number of hydrogen-bond acceptors (Lipinski definition) is 3. The van der Waals surface area contributed by atoms with Crippen LogP contribution >= 0.6 is 0 Å². The predicted molar refractivity (Wildman–Crippen MR) is 53.2 cm³/mol. The van der Waals surface area contributed by atoms with Gasteiger partial charge < -0.3 is 9.47 Å². The van der Waals surface area contributed by atoms with E-state index in [2.05, 4.69) is 11.0 Å². The van der Waals surface area contributed by atoms with Gasteiger partial charge in [-0.05, 0) is 6.07 Å². The van der Waals surface area contributed by atoms with Crippen LogP contribution in [0.3, 0.4) is 0 Å². The summed E-state index contributed by atoms with van der Waals surface area (Å²) in [5.74, 6) is 0.805. The summed E-state index contributed by atoms with van der Waals surface area (Å²) in [6.45, 7) is 4.15. The summed E-state index contributed by atoms with van der Waals surface area (Å²) < 4.78 is 10.8. The maximum atomic E-state index is 5.56. The summed E-state index contributed by atoms with van der Waals surface area (Å²) in [4.78, 5) is 2.23. The Balaban J connectivity index is 1.76. The molecule has 1 aliphatic rings. The number of nitrogens with zero attached hydrogens (tertiary/aromatic N) is 1. The van der Waals surface area contributed by atoms with E-state index in [-0.39, 0.29) is 0 Å². The molecule has 0 unspecified atom stereocenters. The molecular weight excluding hydrogens is 178 g/mol. The second-order valence-corrected chi connectivity index (χ2v) is 3.23. The summed E-state index contributed by atoms with van der Waals surface area (Å²) in [7, 11) is 0. The Hall–Kier alpha value is -1.06. The molecule has 3 nitrogen and oxygen atoms in total. The maximum absolute atomic E-state index is 5.56. The van der Waals surface area contributed by atoms with Crippen molar-refractivity contribution in [2.24, 2.45) is 0 Å². The van der Waals surface area contributed by atoms with Gasteiger partial charge in [-0.15, -0.1) is 0 Å². The van der Waals surface area contributed by atoms with Crippen LogP contribution in [-0.4, -0.2) is 37.9 Å². The lowest BCUT2D eigenvalue weighted by Gasteiger charge is -2.26. The van der Waals surface area contributed by atoms with Crippen LogP contribution < -0.4 is 4.74 Å². The molecule has 1 saturated heterocycles. The first-order chi connectivity index (χ1) is 6.95. The van der Waals surface area contributed by atoms with Crippen LogP contribution in [0, 0.1) is 6.07 Å². The highest BCUT2D eigenvalue weighted by atomic mass is 16.5. The van der Waals surface area contributed by atoms with Crippen molar-refractivity contribution in [1.29, 1.82) is 0 Å². The first-order valence-electron chi connectivity index (χ1n) is 4.85. The molecule has 1 aromatic carbocycles. The number of para-hydroxylation sites is 1. The minimum atomic E-state index is 0.629. The van der Waals surface area contributed by atoms with E-state index < -0.39 is 0 Å². The maximum Gasteiger partial charge on any atom is 0.142 e. The molecule has 2 rings (SSSR count). The Morgan fingerprint density at radius 2 is 2.21 bits per heavy atom. The number of benzene rings is 1. The van der Waals surface area contributed by atoms with Gasteiger partial charge in [0.15, 0.2) is 0 Å². The van der Waals surface area contributed by atoms with Crippen LogP contribution in [0.1, 0.15) is 0 Å². The molecule has 0 saturated carbocycles. The van der Waals surface area contributed by atoms with Gasteiger partial charge in [0, 0.05) is 19.2 Å². The van der Waals surface area contributed by atoms with Crippen molar-refractivity contribution < 1.29 is 9.47 Å². The van der Waals surface area contributed by atoms with E-state index in [9.17, 15) is 0 Å². The highest BCUT2D eigenvalue weighted by molar-refractivity contribution is 5.19. The van der Waals surface area contributed by atoms with Gasteiger partial charge in [0.05, 0.1) is 13.2 Å². The minimum Gasteiger partial charge on any atom is -0.477 e. The Labute approximate surface area is 84.2 Å². The van der Waals surface area contributed by atoms with E-state index in [0.717, 1.165) is 32.1 Å². The average Bonchev–Trinajstić information content (AvgIpc) is 2.29. The van der Waals surface area contributed by atoms with E-state index in [4.69, 9.17) is 9.47 Å². The minimum absolute atomic E-state index is 0.629. The smallest absolute Gasteiger partial charge is 0.142 e. The second kappa shape index (κ2) is 4.98. The number of rotatable bonds is 3. The molecule has 0 N–H and O–H groups in total. The molecule has 0 spiro atoms. The Bertz CT molecular complexity index is 257. The van der Waals surface area contributed by atoms with Crippen molar-refractivity contribution in [2.45, 2.75) is 0 Å². The third kappa shape index (κ3) is 2.72. The molecule has 1 radical (unpaired) electrons. The topological polar surface area (TPSA) is 21.7 Å². The fourth-order valence-corrected chi connectivity index (χ4v) is 1.36. The number of morpholine rings is 1. The molecule has 0 aliphatic carbocycles. The van der Waals surface area contributed by atoms with E-state index in [1.807, 2.05) is 24.3 Å². The van der Waals surface area contributed by atoms with Gasteiger partial charge in [0.25, 0.3) is 0 Å². The highest BCUT2D eigenvalue weighted by Crippen LogP contribution is 2.08. The summed E-state index contributed by atoms with van der Waals surface area (Å²) >= 11 is 0. The molecule has 3 heteroatoms. The molecule has 1 aromatic rings. The second-order valence-electron chi connectivity index (χ2n) is 3.23. The van der Waals surface area contributed by atoms with E-state index in [0.29, 0.717) is 6.73 Å². The van der Waals surface area contributed by atoms with Gasteiger partial charge in [-0.3, -0.25) is 4.90 Å². The SMILES string of the molecule is [c]1ccccc1OCN1CCOCC1. The van der Waals surface area contributed by atoms with Gasteiger partial charge in [-0.1, -0.05) is 18.2 Å². The zero-order chi connectivity index (χ0) is 9.64. The van der Waals surface area contributed by atoms with Crippen LogP contribution in [0.15, 0.2) is 24.3 Å². The van der Waals surface area contributed by atoms with Gasteiger partial charge in [0.2, 0.25) is 0 Å². The molecule has 0 aromatic heterocycles. The van der Waals surface area contributed by atoms with Gasteiger partial charge in [-0.25, -0.2) is 0 Å². The van der Waals surface area contributed by atoms with E-state index in [1.165, 1.54) is 0 Å². The highest BCUT2D eigenvalue weighted by Gasteiger charge is 2.09. The zero-order valence-electron chi connectivity index (χ0n) is 8.11. The lowest BCUT2D eigenvalue weighted by atomic mass is 10.3. The largest absolute Gasteiger partial charge is 0.477 e. The quantitative estimate of drug-likeness (QED) is 0.717. The van der Waals surface area contributed by atoms with Crippen molar-refractivity contribution in [3.63, 3.8) is 0 Å². The summed E-state index contributed by atoms with van der Waals surface area (Å²) in [6, 6.07) is 10.7. The van der Waals surface area contributed by atoms with E-state index >= 15 is 0 Å². The van der Waals surface area contributed by atoms with E-state index in [1.54, 1.807) is 0 Å². The van der Waals surface area contributed by atoms with Gasteiger partial charge in [-0.2, -0.15) is 0 Å². The van der Waals surface area contributed by atoms with Crippen LogP contribution in [0.25, 0.3) is 0 Å². The molecule has 14 heavy (non-hydrogen) atoms. The lowest BCUT2D eigenvalue weighted by Crippen LogP contribution is -2.38. The Morgan fingerprint density at radius 1 is 1.36 bits per heavy atom. The molecule has 1 fully saturated rings. The fraction of sp³-hybridized carbons (Fsp3) is 0.455. The predicted octanol–water partition coefficient (Wildman–Crippen LogP) is 1.16. The molecule has 1 aliphatic heterocycles. The van der Waals surface area contributed by atoms with Crippen LogP contribution in [0.5, 0.6) is 5.75 Å². The van der Waals surface area contributed by atoms with Crippen molar-refractivity contribution in [3.05, 3.63) is 30.3 Å². The molecule has 1 heterocycles. The summed E-state index contributed by atoms with van der Waals surface area (Å²) in [6.07, 6.45) is 0. The first-order valence-corrected chi connectivity index (χ1v) is 4.85. The Kier molecular flexibility index (Phi) is 3.38. The standard InChI is InChI=1S/C11H14NO2/c1-2-4-11(5-3-1)14-10-12-6-8-13-9-7-12/h1-4H,6-10H2. The summed E-state index contributed by atoms with van der Waals surface area (Å²) in [5, 5.41) is 0. The molecule has 75 valence electrons. The first kappa shape index (κ1) is 9.49. The molecule has 0 atom stereocenters. The third-order valence-electron chi connectivity index (χ3n) is 2.19. The Morgan fingerprint density at radius 3 is 2.93 bits per heavy atom. The van der Waals surface area contributed by atoms with Gasteiger partial charge >= 0.3 is 0 Å². The zero-order valence-corrected chi connectivity index (χ0v) is 8.11. The van der Waals surface area contributed by atoms with Crippen molar-refractivity contribution >= 4 is 0 Å². The molecular formula is C11H14NO2. The summed E-state index contributed by atoms with van der Waals surface area (Å²) in [5.41, 5.74) is 0. The van der Waals surface area contributed by atoms with Crippen molar-refractivity contribution in [1.82, 2.24) is 4.90 Å². The van der Waals surface area contributed by atoms with Crippen molar-refractivity contribution in [2.75, 3.05) is 33.0 Å². The normalized spacial score (nSPS) is 18.0. The van der Waals surface area contributed by atoms with Gasteiger partial charge in [0.1, 0.15) is 12.5 Å². The van der Waals surface area contributed by atoms with Crippen LogP contribution in [0.2, 0.25) is 0 Å². The number of ether oxygens (including phenoxy) is 2. The van der Waals surface area contributed by atoms with Crippen LogP contribution in [0.4, 0.5) is 0 Å². The number of hydrogen-bond donors (Lipinski definition) is 0. The average molecular weight is 192 g/mol. The molecule has 0 amide bonds. The third-order valence-corrected chi connectivity index (χ3v) is 2.19. The van der Waals surface area contributed by atoms with Crippen molar-refractivity contribution in [3.8, 4) is 5.75 Å². The fourth-order valence-electron chi connectivity index (χ4n) is 1.36.